The predicted octanol–water partition coefficient (Wildman–Crippen LogP) is 3.67. The number of hydrogen-bond donors (Lipinski definition) is 0. The monoisotopic (exact) mass is 321 g/mol. The number of nitrogens with zero attached hydrogens (tertiary/aromatic N) is 3. The summed E-state index contributed by atoms with van der Waals surface area (Å²) < 4.78 is 1.97. The zero-order valence-electron chi connectivity index (χ0n) is 12.4. The minimum absolute atomic E-state index is 0.458. The third-order valence-corrected chi connectivity index (χ3v) is 5.45. The van der Waals surface area contributed by atoms with Gasteiger partial charge in [0.25, 0.3) is 0 Å². The van der Waals surface area contributed by atoms with Crippen LogP contribution >= 0.6 is 23.4 Å². The van der Waals surface area contributed by atoms with Gasteiger partial charge in [0.1, 0.15) is 11.0 Å². The molecule has 1 atom stereocenters. The normalized spacial score (nSPS) is 19.9. The Morgan fingerprint density at radius 2 is 2.10 bits per heavy atom. The van der Waals surface area contributed by atoms with E-state index in [4.69, 9.17) is 11.6 Å². The van der Waals surface area contributed by atoms with Crippen LogP contribution in [0, 0.1) is 6.92 Å². The number of hydrogen-bond acceptors (Lipinski definition) is 3. The van der Waals surface area contributed by atoms with Crippen molar-refractivity contribution in [3.05, 3.63) is 52.6 Å². The summed E-state index contributed by atoms with van der Waals surface area (Å²) in [6.07, 6.45) is 1.73. The van der Waals surface area contributed by atoms with Gasteiger partial charge in [-0.1, -0.05) is 41.4 Å². The minimum Gasteiger partial charge on any atom is -0.321 e. The van der Waals surface area contributed by atoms with Crippen LogP contribution in [0.25, 0.3) is 0 Å². The maximum absolute atomic E-state index is 6.10. The van der Waals surface area contributed by atoms with E-state index in [9.17, 15) is 0 Å². The highest BCUT2D eigenvalue weighted by atomic mass is 35.5. The topological polar surface area (TPSA) is 21.1 Å². The second kappa shape index (κ2) is 6.42. The van der Waals surface area contributed by atoms with E-state index in [1.165, 1.54) is 16.9 Å². The predicted molar refractivity (Wildman–Crippen MR) is 89.9 cm³/mol. The van der Waals surface area contributed by atoms with E-state index in [2.05, 4.69) is 41.1 Å². The number of halogens is 1. The zero-order chi connectivity index (χ0) is 14.8. The van der Waals surface area contributed by atoms with Crippen molar-refractivity contribution in [1.82, 2.24) is 14.5 Å². The fourth-order valence-electron chi connectivity index (χ4n) is 2.68. The molecule has 21 heavy (non-hydrogen) atoms. The fraction of sp³-hybridized carbons (Fsp3) is 0.438. The summed E-state index contributed by atoms with van der Waals surface area (Å²) in [5.74, 6) is 3.35. The van der Waals surface area contributed by atoms with Gasteiger partial charge in [0.05, 0.1) is 12.7 Å². The molecule has 0 radical (unpaired) electrons. The van der Waals surface area contributed by atoms with Gasteiger partial charge in [-0.05, 0) is 12.5 Å². The summed E-state index contributed by atoms with van der Waals surface area (Å²) in [6.45, 7) is 4.07. The van der Waals surface area contributed by atoms with Gasteiger partial charge in [-0.3, -0.25) is 4.90 Å². The highest BCUT2D eigenvalue weighted by molar-refractivity contribution is 7.99. The van der Waals surface area contributed by atoms with E-state index in [-0.39, 0.29) is 0 Å². The van der Waals surface area contributed by atoms with Gasteiger partial charge in [-0.2, -0.15) is 11.8 Å². The third kappa shape index (κ3) is 3.28. The summed E-state index contributed by atoms with van der Waals surface area (Å²) in [4.78, 5) is 6.95. The third-order valence-electron chi connectivity index (χ3n) is 4.07. The molecule has 0 amide bonds. The number of rotatable bonds is 3. The molecule has 0 spiro atoms. The fourth-order valence-corrected chi connectivity index (χ4v) is 3.98. The highest BCUT2D eigenvalue weighted by Gasteiger charge is 2.25. The number of benzene rings is 1. The molecule has 0 N–H and O–H groups in total. The Morgan fingerprint density at radius 1 is 1.33 bits per heavy atom. The molecule has 2 aromatic rings. The van der Waals surface area contributed by atoms with Crippen molar-refractivity contribution < 1.29 is 0 Å². The molecule has 5 heteroatoms. The van der Waals surface area contributed by atoms with Crippen molar-refractivity contribution in [2.24, 2.45) is 7.05 Å². The number of imidazole rings is 1. The van der Waals surface area contributed by atoms with Gasteiger partial charge in [0, 0.05) is 31.1 Å². The van der Waals surface area contributed by atoms with E-state index in [1.54, 1.807) is 6.20 Å². The van der Waals surface area contributed by atoms with Crippen LogP contribution in [0.15, 0.2) is 30.5 Å². The maximum atomic E-state index is 6.10. The van der Waals surface area contributed by atoms with Crippen LogP contribution in [0.2, 0.25) is 5.15 Å². The summed E-state index contributed by atoms with van der Waals surface area (Å²) in [6, 6.07) is 9.36. The molecular formula is C16H20ClN3S. The van der Waals surface area contributed by atoms with E-state index in [0.29, 0.717) is 11.2 Å². The van der Waals surface area contributed by atoms with Crippen LogP contribution in [0.4, 0.5) is 0 Å². The first-order valence-electron chi connectivity index (χ1n) is 7.19. The summed E-state index contributed by atoms with van der Waals surface area (Å²) in [5.41, 5.74) is 2.71. The van der Waals surface area contributed by atoms with Crippen LogP contribution in [0.3, 0.4) is 0 Å². The Balaban J connectivity index is 1.81. The number of aryl methyl sites for hydroxylation is 1. The molecule has 3 nitrogen and oxygen atoms in total. The minimum atomic E-state index is 0.458. The van der Waals surface area contributed by atoms with Crippen molar-refractivity contribution in [1.29, 1.82) is 0 Å². The molecule has 0 saturated carbocycles. The molecule has 1 saturated heterocycles. The number of aromatic nitrogens is 2. The van der Waals surface area contributed by atoms with E-state index in [1.807, 2.05) is 23.4 Å². The van der Waals surface area contributed by atoms with Gasteiger partial charge >= 0.3 is 0 Å². The van der Waals surface area contributed by atoms with Gasteiger partial charge < -0.3 is 4.57 Å². The Hall–Kier alpha value is -0.970. The average molecular weight is 322 g/mol. The smallest absolute Gasteiger partial charge is 0.128 e. The second-order valence-electron chi connectivity index (χ2n) is 5.53. The van der Waals surface area contributed by atoms with Gasteiger partial charge in [0.2, 0.25) is 0 Å². The van der Waals surface area contributed by atoms with E-state index in [0.717, 1.165) is 24.7 Å². The molecule has 2 heterocycles. The lowest BCUT2D eigenvalue weighted by atomic mass is 10.0. The van der Waals surface area contributed by atoms with Gasteiger partial charge in [-0.25, -0.2) is 4.98 Å². The van der Waals surface area contributed by atoms with Crippen LogP contribution in [0.5, 0.6) is 0 Å². The standard InChI is InChI=1S/C16H20ClN3S/c1-12-3-5-13(6-4-12)14-11-21-8-7-20(14)10-16-18-9-15(17)19(16)2/h3-6,9,14H,7-8,10-11H2,1-2H3. The summed E-state index contributed by atoms with van der Waals surface area (Å²) in [5, 5.41) is 0.697. The van der Waals surface area contributed by atoms with Gasteiger partial charge in [0.15, 0.2) is 0 Å². The first kappa shape index (κ1) is 14.9. The molecular weight excluding hydrogens is 302 g/mol. The van der Waals surface area contributed by atoms with Crippen LogP contribution in [0.1, 0.15) is 23.0 Å². The van der Waals surface area contributed by atoms with E-state index >= 15 is 0 Å². The van der Waals surface area contributed by atoms with Crippen molar-refractivity contribution in [3.8, 4) is 0 Å². The maximum Gasteiger partial charge on any atom is 0.128 e. The lowest BCUT2D eigenvalue weighted by Crippen LogP contribution is -2.36. The quantitative estimate of drug-likeness (QED) is 0.860. The molecule has 112 valence electrons. The van der Waals surface area contributed by atoms with Crippen molar-refractivity contribution >= 4 is 23.4 Å². The number of thioether (sulfide) groups is 1. The Labute approximate surface area is 135 Å². The first-order valence-corrected chi connectivity index (χ1v) is 8.73. The molecule has 1 aliphatic heterocycles. The van der Waals surface area contributed by atoms with Crippen LogP contribution in [-0.2, 0) is 13.6 Å². The molecule has 1 unspecified atom stereocenters. The molecule has 3 rings (SSSR count). The Kier molecular flexibility index (Phi) is 4.57. The lowest BCUT2D eigenvalue weighted by Gasteiger charge is -2.35. The molecule has 1 aromatic carbocycles. The summed E-state index contributed by atoms with van der Waals surface area (Å²) in [7, 11) is 1.98. The van der Waals surface area contributed by atoms with Crippen molar-refractivity contribution in [2.45, 2.75) is 19.5 Å². The largest absolute Gasteiger partial charge is 0.321 e. The molecule has 1 aromatic heterocycles. The first-order chi connectivity index (χ1) is 10.1. The molecule has 1 fully saturated rings. The second-order valence-corrected chi connectivity index (χ2v) is 7.07. The van der Waals surface area contributed by atoms with Gasteiger partial charge in [-0.15, -0.1) is 0 Å². The Morgan fingerprint density at radius 3 is 2.76 bits per heavy atom. The summed E-state index contributed by atoms with van der Waals surface area (Å²) >= 11 is 8.13. The molecule has 0 aliphatic carbocycles. The van der Waals surface area contributed by atoms with Crippen molar-refractivity contribution in [3.63, 3.8) is 0 Å². The van der Waals surface area contributed by atoms with Crippen LogP contribution < -0.4 is 0 Å². The molecule has 1 aliphatic rings. The highest BCUT2D eigenvalue weighted by Crippen LogP contribution is 2.31. The van der Waals surface area contributed by atoms with E-state index < -0.39 is 0 Å². The average Bonchev–Trinajstić information content (AvgIpc) is 2.81. The van der Waals surface area contributed by atoms with Crippen molar-refractivity contribution in [2.75, 3.05) is 18.1 Å². The zero-order valence-corrected chi connectivity index (χ0v) is 14.0. The Bertz CT molecular complexity index is 608. The SMILES string of the molecule is Cc1ccc(C2CSCCN2Cc2ncc(Cl)n2C)cc1. The lowest BCUT2D eigenvalue weighted by molar-refractivity contribution is 0.205. The molecule has 0 bridgehead atoms. The van der Waals surface area contributed by atoms with Crippen LogP contribution in [-0.4, -0.2) is 32.5 Å².